The zero-order valence-electron chi connectivity index (χ0n) is 13.2. The topological polar surface area (TPSA) is 49.7 Å². The molecule has 0 aliphatic carbocycles. The molecule has 0 spiro atoms. The van der Waals surface area contributed by atoms with Crippen LogP contribution in [0.2, 0.25) is 0 Å². The molecule has 1 saturated heterocycles. The Morgan fingerprint density at radius 3 is 2.17 bits per heavy atom. The molecular weight excluding hydrogens is 388 g/mol. The highest BCUT2D eigenvalue weighted by molar-refractivity contribution is 9.10. The summed E-state index contributed by atoms with van der Waals surface area (Å²) in [6.07, 6.45) is 3.30. The van der Waals surface area contributed by atoms with Crippen LogP contribution in [0.25, 0.3) is 0 Å². The van der Waals surface area contributed by atoms with E-state index in [4.69, 9.17) is 0 Å². The van der Waals surface area contributed by atoms with E-state index < -0.39 is 10.0 Å². The minimum atomic E-state index is -3.75. The highest BCUT2D eigenvalue weighted by Gasteiger charge is 2.21. The molecule has 1 fully saturated rings. The number of likely N-dealkylation sites (tertiary alicyclic amines) is 1. The summed E-state index contributed by atoms with van der Waals surface area (Å²) in [5.41, 5.74) is 0.833. The zero-order chi connectivity index (χ0) is 17.0. The first-order chi connectivity index (χ1) is 11.6. The van der Waals surface area contributed by atoms with Crippen LogP contribution in [0, 0.1) is 0 Å². The van der Waals surface area contributed by atoms with Gasteiger partial charge < -0.3 is 4.90 Å². The van der Waals surface area contributed by atoms with E-state index in [1.165, 1.54) is 6.42 Å². The molecule has 4 nitrogen and oxygen atoms in total. The Morgan fingerprint density at radius 1 is 0.917 bits per heavy atom. The summed E-state index contributed by atoms with van der Waals surface area (Å²) in [5.74, 6) is 0.540. The van der Waals surface area contributed by atoms with Crippen LogP contribution in [-0.2, 0) is 10.0 Å². The normalized spacial score (nSPS) is 16.2. The van der Waals surface area contributed by atoms with E-state index in [1.54, 1.807) is 24.3 Å². The summed E-state index contributed by atoms with van der Waals surface area (Å²) in [5, 5.41) is 0. The second-order valence-corrected chi connectivity index (χ2v) is 8.28. The number of rotatable bonds is 3. The number of sulfonamides is 1. The van der Waals surface area contributed by atoms with Crippen molar-refractivity contribution in [3.8, 4) is 0 Å². The molecule has 0 amide bonds. The van der Waals surface area contributed by atoms with Crippen LogP contribution in [0.1, 0.15) is 24.8 Å². The zero-order valence-corrected chi connectivity index (χ0v) is 15.6. The lowest BCUT2D eigenvalue weighted by atomic mass is 10.1. The molecule has 0 N–H and O–H groups in total. The maximum absolute atomic E-state index is 12.7. The minimum absolute atomic E-state index is 0.205. The van der Waals surface area contributed by atoms with Crippen molar-refractivity contribution in [2.24, 2.45) is 4.40 Å². The summed E-state index contributed by atoms with van der Waals surface area (Å²) in [6, 6.07) is 16.1. The number of hydrogen-bond acceptors (Lipinski definition) is 2. The Morgan fingerprint density at radius 2 is 1.54 bits per heavy atom. The summed E-state index contributed by atoms with van der Waals surface area (Å²) in [6.45, 7) is 1.67. The lowest BCUT2D eigenvalue weighted by Gasteiger charge is -2.29. The van der Waals surface area contributed by atoms with Gasteiger partial charge in [0.1, 0.15) is 5.84 Å². The molecule has 1 aliphatic rings. The van der Waals surface area contributed by atoms with Gasteiger partial charge in [-0.15, -0.1) is 4.40 Å². The third-order valence-corrected chi connectivity index (χ3v) is 5.82. The van der Waals surface area contributed by atoms with Crippen molar-refractivity contribution in [1.82, 2.24) is 4.90 Å². The molecule has 0 aromatic heterocycles. The molecule has 0 atom stereocenters. The van der Waals surface area contributed by atoms with Crippen LogP contribution in [0.3, 0.4) is 0 Å². The predicted molar refractivity (Wildman–Crippen MR) is 99.7 cm³/mol. The van der Waals surface area contributed by atoms with Crippen molar-refractivity contribution >= 4 is 31.8 Å². The van der Waals surface area contributed by atoms with Crippen LogP contribution in [0.4, 0.5) is 0 Å². The van der Waals surface area contributed by atoms with Gasteiger partial charge in [-0.2, -0.15) is 8.42 Å². The van der Waals surface area contributed by atoms with E-state index in [1.807, 2.05) is 30.3 Å². The molecular formula is C18H19BrN2O2S. The molecule has 2 aromatic rings. The van der Waals surface area contributed by atoms with Crippen LogP contribution >= 0.6 is 15.9 Å². The predicted octanol–water partition coefficient (Wildman–Crippen LogP) is 4.07. The quantitative estimate of drug-likeness (QED) is 0.569. The Bertz CT molecular complexity index is 812. The molecule has 0 saturated carbocycles. The number of hydrogen-bond donors (Lipinski definition) is 0. The van der Waals surface area contributed by atoms with Gasteiger partial charge >= 0.3 is 0 Å². The van der Waals surface area contributed by atoms with E-state index in [2.05, 4.69) is 25.2 Å². The minimum Gasteiger partial charge on any atom is -0.355 e. The van der Waals surface area contributed by atoms with E-state index in [0.29, 0.717) is 5.84 Å². The van der Waals surface area contributed by atoms with Crippen LogP contribution in [0.15, 0.2) is 68.4 Å². The second kappa shape index (κ2) is 7.49. The van der Waals surface area contributed by atoms with Gasteiger partial charge in [0, 0.05) is 23.1 Å². The molecule has 1 aliphatic heterocycles. The lowest BCUT2D eigenvalue weighted by molar-refractivity contribution is 0.343. The summed E-state index contributed by atoms with van der Waals surface area (Å²) >= 11 is 3.32. The van der Waals surface area contributed by atoms with Gasteiger partial charge in [-0.05, 0) is 43.5 Å². The fourth-order valence-corrected chi connectivity index (χ4v) is 4.06. The molecule has 6 heteroatoms. The average molecular weight is 407 g/mol. The first-order valence-electron chi connectivity index (χ1n) is 7.97. The first-order valence-corrected chi connectivity index (χ1v) is 10.2. The van der Waals surface area contributed by atoms with Crippen molar-refractivity contribution in [1.29, 1.82) is 0 Å². The largest absolute Gasteiger partial charge is 0.355 e. The van der Waals surface area contributed by atoms with Crippen molar-refractivity contribution in [3.63, 3.8) is 0 Å². The molecule has 0 bridgehead atoms. The van der Waals surface area contributed by atoms with Gasteiger partial charge in [-0.25, -0.2) is 0 Å². The highest BCUT2D eigenvalue weighted by atomic mass is 79.9. The van der Waals surface area contributed by atoms with Gasteiger partial charge in [-0.3, -0.25) is 0 Å². The molecule has 24 heavy (non-hydrogen) atoms. The van der Waals surface area contributed by atoms with E-state index in [0.717, 1.165) is 36.0 Å². The van der Waals surface area contributed by atoms with Gasteiger partial charge in [-0.1, -0.05) is 46.3 Å². The van der Waals surface area contributed by atoms with Crippen LogP contribution in [0.5, 0.6) is 0 Å². The van der Waals surface area contributed by atoms with Gasteiger partial charge in [0.15, 0.2) is 0 Å². The lowest BCUT2D eigenvalue weighted by Crippen LogP contribution is -2.36. The third kappa shape index (κ3) is 4.05. The van der Waals surface area contributed by atoms with E-state index in [9.17, 15) is 8.42 Å². The standard InChI is InChI=1S/C18H19BrN2O2S/c19-16-9-11-17(12-10-16)24(22,23)20-18(15-7-3-1-4-8-15)21-13-5-2-6-14-21/h1,3-4,7-12H,2,5-6,13-14H2. The first kappa shape index (κ1) is 17.2. The van der Waals surface area contributed by atoms with Gasteiger partial charge in [0.05, 0.1) is 4.90 Å². The number of nitrogens with zero attached hydrogens (tertiary/aromatic N) is 2. The van der Waals surface area contributed by atoms with E-state index >= 15 is 0 Å². The Balaban J connectivity index is 2.03. The Hall–Kier alpha value is -1.66. The number of amidine groups is 1. The van der Waals surface area contributed by atoms with Crippen LogP contribution in [-0.4, -0.2) is 32.2 Å². The Kier molecular flexibility index (Phi) is 5.36. The van der Waals surface area contributed by atoms with Crippen molar-refractivity contribution in [2.75, 3.05) is 13.1 Å². The highest BCUT2D eigenvalue weighted by Crippen LogP contribution is 2.20. The fourth-order valence-electron chi connectivity index (χ4n) is 2.76. The third-order valence-electron chi connectivity index (χ3n) is 4.01. The molecule has 126 valence electrons. The maximum atomic E-state index is 12.7. The molecule has 0 unspecified atom stereocenters. The molecule has 2 aromatic carbocycles. The summed E-state index contributed by atoms with van der Waals surface area (Å²) in [4.78, 5) is 2.28. The van der Waals surface area contributed by atoms with Gasteiger partial charge in [0.25, 0.3) is 10.0 Å². The molecule has 3 rings (SSSR count). The Labute approximate surface area is 151 Å². The fraction of sp³-hybridized carbons (Fsp3) is 0.278. The van der Waals surface area contributed by atoms with E-state index in [-0.39, 0.29) is 4.90 Å². The SMILES string of the molecule is O=S(=O)(N=C(c1ccccc1)N1CCCCC1)c1ccc(Br)cc1. The van der Waals surface area contributed by atoms with Gasteiger partial charge in [0.2, 0.25) is 0 Å². The molecule has 0 radical (unpaired) electrons. The number of halogens is 1. The monoisotopic (exact) mass is 406 g/mol. The molecule has 1 heterocycles. The van der Waals surface area contributed by atoms with Crippen LogP contribution < -0.4 is 0 Å². The maximum Gasteiger partial charge on any atom is 0.284 e. The average Bonchev–Trinajstić information content (AvgIpc) is 2.62. The second-order valence-electron chi connectivity index (χ2n) is 5.76. The summed E-state index contributed by atoms with van der Waals surface area (Å²) in [7, 11) is -3.75. The summed E-state index contributed by atoms with van der Waals surface area (Å²) < 4.78 is 30.5. The smallest absolute Gasteiger partial charge is 0.284 e. The number of benzene rings is 2. The van der Waals surface area contributed by atoms with Crippen molar-refractivity contribution < 1.29 is 8.42 Å². The van der Waals surface area contributed by atoms with Crippen molar-refractivity contribution in [2.45, 2.75) is 24.2 Å². The number of piperidine rings is 1. The van der Waals surface area contributed by atoms with Crippen molar-refractivity contribution in [3.05, 3.63) is 64.6 Å².